The topological polar surface area (TPSA) is 48.1 Å². The Kier molecular flexibility index (Phi) is 3.64. The average Bonchev–Trinajstić information content (AvgIpc) is 2.77. The van der Waals surface area contributed by atoms with E-state index in [9.17, 15) is 0 Å². The van der Waals surface area contributed by atoms with E-state index in [2.05, 4.69) is 18.8 Å². The van der Waals surface area contributed by atoms with Gasteiger partial charge < -0.3 is 10.5 Å². The van der Waals surface area contributed by atoms with Crippen LogP contribution in [0.5, 0.6) is 5.75 Å². The molecule has 0 atom stereocenters. The van der Waals surface area contributed by atoms with Gasteiger partial charge in [0.2, 0.25) is 0 Å². The number of nitrogens with zero attached hydrogens (tertiary/aromatic N) is 1. The van der Waals surface area contributed by atoms with Gasteiger partial charge in [0.15, 0.2) is 0 Å². The Hall–Kier alpha value is -1.55. The molecule has 0 aliphatic carbocycles. The molecule has 1 heterocycles. The van der Waals surface area contributed by atoms with E-state index in [1.165, 1.54) is 0 Å². The Morgan fingerprint density at radius 1 is 1.35 bits per heavy atom. The van der Waals surface area contributed by atoms with Gasteiger partial charge >= 0.3 is 0 Å². The van der Waals surface area contributed by atoms with Gasteiger partial charge in [0.1, 0.15) is 12.4 Å². The number of anilines is 1. The third kappa shape index (κ3) is 2.97. The van der Waals surface area contributed by atoms with Crippen LogP contribution in [0.4, 0.5) is 5.69 Å². The van der Waals surface area contributed by atoms with Gasteiger partial charge in [-0.1, -0.05) is 26.0 Å². The van der Waals surface area contributed by atoms with Crippen molar-refractivity contribution in [3.05, 3.63) is 40.3 Å². The van der Waals surface area contributed by atoms with Crippen molar-refractivity contribution in [3.63, 3.8) is 0 Å². The molecule has 0 unspecified atom stereocenters. The van der Waals surface area contributed by atoms with Crippen LogP contribution in [-0.2, 0) is 6.61 Å². The summed E-state index contributed by atoms with van der Waals surface area (Å²) in [6.07, 6.45) is 0. The molecule has 4 heteroatoms. The Morgan fingerprint density at radius 2 is 2.12 bits per heavy atom. The summed E-state index contributed by atoms with van der Waals surface area (Å²) in [7, 11) is 0. The normalized spacial score (nSPS) is 10.8. The smallest absolute Gasteiger partial charge is 0.142 e. The molecule has 0 aliphatic heterocycles. The van der Waals surface area contributed by atoms with Gasteiger partial charge in [0.25, 0.3) is 0 Å². The highest BCUT2D eigenvalue weighted by Crippen LogP contribution is 2.23. The third-order valence-corrected chi connectivity index (χ3v) is 3.55. The number of rotatable bonds is 4. The van der Waals surface area contributed by atoms with Crippen molar-refractivity contribution in [1.82, 2.24) is 4.98 Å². The zero-order valence-electron chi connectivity index (χ0n) is 10.0. The maximum absolute atomic E-state index is 5.80. The first-order valence-electron chi connectivity index (χ1n) is 5.58. The van der Waals surface area contributed by atoms with E-state index in [0.29, 0.717) is 24.0 Å². The summed E-state index contributed by atoms with van der Waals surface area (Å²) in [6, 6.07) is 7.50. The monoisotopic (exact) mass is 248 g/mol. The van der Waals surface area contributed by atoms with Crippen LogP contribution in [0.25, 0.3) is 0 Å². The number of thiazole rings is 1. The second kappa shape index (κ2) is 5.19. The van der Waals surface area contributed by atoms with Gasteiger partial charge in [-0.2, -0.15) is 0 Å². The first-order valence-corrected chi connectivity index (χ1v) is 6.46. The van der Waals surface area contributed by atoms with Crippen molar-refractivity contribution < 1.29 is 4.74 Å². The molecular formula is C13H16N2OS. The van der Waals surface area contributed by atoms with E-state index in [1.807, 2.05) is 29.6 Å². The van der Waals surface area contributed by atoms with E-state index in [0.717, 1.165) is 10.7 Å². The molecule has 3 nitrogen and oxygen atoms in total. The fraction of sp³-hybridized carbons (Fsp3) is 0.308. The Balaban J connectivity index is 2.00. The van der Waals surface area contributed by atoms with Crippen LogP contribution in [0.15, 0.2) is 29.6 Å². The first-order chi connectivity index (χ1) is 8.16. The SMILES string of the molecule is CC(C)c1nc(COc2ccccc2N)cs1. The highest BCUT2D eigenvalue weighted by atomic mass is 32.1. The molecule has 0 aliphatic rings. The lowest BCUT2D eigenvalue weighted by Gasteiger charge is -2.06. The number of ether oxygens (including phenoxy) is 1. The van der Waals surface area contributed by atoms with Crippen LogP contribution in [-0.4, -0.2) is 4.98 Å². The molecular weight excluding hydrogens is 232 g/mol. The van der Waals surface area contributed by atoms with E-state index >= 15 is 0 Å². The number of aromatic nitrogens is 1. The minimum Gasteiger partial charge on any atom is -0.485 e. The highest BCUT2D eigenvalue weighted by Gasteiger charge is 2.06. The van der Waals surface area contributed by atoms with Crippen LogP contribution in [0, 0.1) is 0 Å². The van der Waals surface area contributed by atoms with Gasteiger partial charge in [-0.05, 0) is 12.1 Å². The molecule has 1 aromatic heterocycles. The van der Waals surface area contributed by atoms with Gasteiger partial charge in [-0.3, -0.25) is 0 Å². The number of benzene rings is 1. The molecule has 2 rings (SSSR count). The van der Waals surface area contributed by atoms with E-state index in [-0.39, 0.29) is 0 Å². The van der Waals surface area contributed by atoms with Crippen LogP contribution >= 0.6 is 11.3 Å². The molecule has 0 spiro atoms. The highest BCUT2D eigenvalue weighted by molar-refractivity contribution is 7.09. The summed E-state index contributed by atoms with van der Waals surface area (Å²) in [5.74, 6) is 1.18. The maximum atomic E-state index is 5.80. The molecule has 0 saturated heterocycles. The molecule has 90 valence electrons. The predicted octanol–water partition coefficient (Wildman–Crippen LogP) is 3.43. The molecule has 17 heavy (non-hydrogen) atoms. The first kappa shape index (κ1) is 11.9. The summed E-state index contributed by atoms with van der Waals surface area (Å²) in [5, 5.41) is 3.18. The lowest BCUT2D eigenvalue weighted by atomic mass is 10.2. The molecule has 0 fully saturated rings. The van der Waals surface area contributed by atoms with Gasteiger partial charge in [0, 0.05) is 11.3 Å². The number of para-hydroxylation sites is 2. The van der Waals surface area contributed by atoms with Crippen LogP contribution in [0.3, 0.4) is 0 Å². The quantitative estimate of drug-likeness (QED) is 0.843. The number of nitrogen functional groups attached to an aromatic ring is 1. The van der Waals surface area contributed by atoms with E-state index in [1.54, 1.807) is 11.3 Å². The summed E-state index contributed by atoms with van der Waals surface area (Å²) >= 11 is 1.67. The minimum atomic E-state index is 0.468. The zero-order valence-corrected chi connectivity index (χ0v) is 10.8. The standard InChI is InChI=1S/C13H16N2OS/c1-9(2)13-15-10(8-17-13)7-16-12-6-4-3-5-11(12)14/h3-6,8-9H,7,14H2,1-2H3. The van der Waals surface area contributed by atoms with Crippen molar-refractivity contribution in [1.29, 1.82) is 0 Å². The van der Waals surface area contributed by atoms with Crippen molar-refractivity contribution in [2.45, 2.75) is 26.4 Å². The summed E-state index contributed by atoms with van der Waals surface area (Å²) in [4.78, 5) is 4.51. The van der Waals surface area contributed by atoms with Crippen LogP contribution in [0.2, 0.25) is 0 Å². The van der Waals surface area contributed by atoms with Crippen LogP contribution in [0.1, 0.15) is 30.5 Å². The Labute approximate surface area is 105 Å². The van der Waals surface area contributed by atoms with Gasteiger partial charge in [0.05, 0.1) is 16.4 Å². The van der Waals surface area contributed by atoms with Gasteiger partial charge in [-0.15, -0.1) is 11.3 Å². The molecule has 0 saturated carbocycles. The summed E-state index contributed by atoms with van der Waals surface area (Å²) < 4.78 is 5.64. The minimum absolute atomic E-state index is 0.468. The van der Waals surface area contributed by atoms with E-state index in [4.69, 9.17) is 10.5 Å². The average molecular weight is 248 g/mol. The lowest BCUT2D eigenvalue weighted by Crippen LogP contribution is -1.99. The van der Waals surface area contributed by atoms with Crippen molar-refractivity contribution in [2.24, 2.45) is 0 Å². The van der Waals surface area contributed by atoms with Gasteiger partial charge in [-0.25, -0.2) is 4.98 Å². The molecule has 1 aromatic carbocycles. The fourth-order valence-electron chi connectivity index (χ4n) is 1.42. The maximum Gasteiger partial charge on any atom is 0.142 e. The van der Waals surface area contributed by atoms with Crippen molar-refractivity contribution in [2.75, 3.05) is 5.73 Å². The molecule has 0 radical (unpaired) electrons. The zero-order chi connectivity index (χ0) is 12.3. The third-order valence-electron chi connectivity index (χ3n) is 2.36. The van der Waals surface area contributed by atoms with Crippen LogP contribution < -0.4 is 10.5 Å². The number of nitrogens with two attached hydrogens (primary N) is 1. The molecule has 0 amide bonds. The number of hydrogen-bond acceptors (Lipinski definition) is 4. The van der Waals surface area contributed by atoms with Crippen molar-refractivity contribution >= 4 is 17.0 Å². The fourth-order valence-corrected chi connectivity index (χ4v) is 2.24. The molecule has 2 N–H and O–H groups in total. The largest absolute Gasteiger partial charge is 0.485 e. The molecule has 2 aromatic rings. The Morgan fingerprint density at radius 3 is 2.76 bits per heavy atom. The molecule has 0 bridgehead atoms. The lowest BCUT2D eigenvalue weighted by molar-refractivity contribution is 0.303. The van der Waals surface area contributed by atoms with Crippen molar-refractivity contribution in [3.8, 4) is 5.75 Å². The predicted molar refractivity (Wildman–Crippen MR) is 71.4 cm³/mol. The summed E-state index contributed by atoms with van der Waals surface area (Å²) in [6.45, 7) is 4.74. The Bertz CT molecular complexity index is 494. The number of hydrogen-bond donors (Lipinski definition) is 1. The second-order valence-corrected chi connectivity index (χ2v) is 5.05. The second-order valence-electron chi connectivity index (χ2n) is 4.16. The van der Waals surface area contributed by atoms with E-state index < -0.39 is 0 Å². The summed E-state index contributed by atoms with van der Waals surface area (Å²) in [5.41, 5.74) is 7.41.